The largest absolute Gasteiger partial charge is 0.480 e. The first kappa shape index (κ1) is 14.6. The van der Waals surface area contributed by atoms with Gasteiger partial charge in [0.25, 0.3) is 5.91 Å². The summed E-state index contributed by atoms with van der Waals surface area (Å²) in [7, 11) is 0. The van der Waals surface area contributed by atoms with Gasteiger partial charge in [-0.1, -0.05) is 0 Å². The van der Waals surface area contributed by atoms with Gasteiger partial charge in [0.1, 0.15) is 11.6 Å². The van der Waals surface area contributed by atoms with Gasteiger partial charge in [0, 0.05) is 0 Å². The topological polar surface area (TPSA) is 98.5 Å². The zero-order chi connectivity index (χ0) is 14.6. The van der Waals surface area contributed by atoms with Gasteiger partial charge in [0.2, 0.25) is 0 Å². The number of carbonyl (C=O) groups is 3. The maximum Gasteiger partial charge on any atom is 0.318 e. The van der Waals surface area contributed by atoms with Crippen molar-refractivity contribution in [2.24, 2.45) is 5.73 Å². The lowest BCUT2D eigenvalue weighted by Gasteiger charge is -2.15. The van der Waals surface area contributed by atoms with Gasteiger partial charge < -0.3 is 10.5 Å². The van der Waals surface area contributed by atoms with Gasteiger partial charge in [-0.2, -0.15) is 0 Å². The van der Waals surface area contributed by atoms with E-state index in [0.717, 1.165) is 12.1 Å². The van der Waals surface area contributed by atoms with Crippen molar-refractivity contribution in [3.8, 4) is 5.75 Å². The number of imide groups is 1. The van der Waals surface area contributed by atoms with Crippen molar-refractivity contribution in [1.82, 2.24) is 5.32 Å². The van der Waals surface area contributed by atoms with E-state index in [0.29, 0.717) is 0 Å². The van der Waals surface area contributed by atoms with Crippen LogP contribution < -0.4 is 15.8 Å². The van der Waals surface area contributed by atoms with Crippen LogP contribution in [0.1, 0.15) is 24.2 Å². The second kappa shape index (κ2) is 5.94. The summed E-state index contributed by atoms with van der Waals surface area (Å²) in [6.45, 7) is 2.61. The Morgan fingerprint density at radius 3 is 2.53 bits per heavy atom. The molecule has 0 aliphatic rings. The van der Waals surface area contributed by atoms with Gasteiger partial charge in [0.15, 0.2) is 11.9 Å². The molecule has 1 aromatic rings. The number of nitrogens with one attached hydrogen (secondary N) is 1. The summed E-state index contributed by atoms with van der Waals surface area (Å²) in [5.74, 6) is -1.70. The van der Waals surface area contributed by atoms with Crippen LogP contribution in [0.5, 0.6) is 5.75 Å². The van der Waals surface area contributed by atoms with Crippen LogP contribution in [0.2, 0.25) is 0 Å². The smallest absolute Gasteiger partial charge is 0.318 e. The van der Waals surface area contributed by atoms with E-state index < -0.39 is 29.6 Å². The minimum atomic E-state index is -1.06. The third kappa shape index (κ3) is 4.06. The average Bonchev–Trinajstić information content (AvgIpc) is 2.30. The minimum absolute atomic E-state index is 0.0127. The molecule has 1 atom stereocenters. The van der Waals surface area contributed by atoms with E-state index in [1.165, 1.54) is 19.9 Å². The van der Waals surface area contributed by atoms with Crippen LogP contribution in [0.25, 0.3) is 0 Å². The Kier molecular flexibility index (Phi) is 4.57. The highest BCUT2D eigenvalue weighted by atomic mass is 19.1. The molecule has 0 bridgehead atoms. The maximum absolute atomic E-state index is 13.0. The molecule has 0 spiro atoms. The van der Waals surface area contributed by atoms with Crippen LogP contribution in [-0.2, 0) is 4.79 Å². The number of rotatable bonds is 4. The number of hydrogen-bond donors (Lipinski definition) is 2. The van der Waals surface area contributed by atoms with Gasteiger partial charge in [-0.3, -0.25) is 14.9 Å². The van der Waals surface area contributed by atoms with Crippen LogP contribution in [0.15, 0.2) is 18.2 Å². The fraction of sp³-hybridized carbons (Fsp3) is 0.250. The van der Waals surface area contributed by atoms with Crippen LogP contribution in [0.4, 0.5) is 9.18 Å². The van der Waals surface area contributed by atoms with E-state index in [9.17, 15) is 18.8 Å². The van der Waals surface area contributed by atoms with Crippen LogP contribution in [0, 0.1) is 5.82 Å². The van der Waals surface area contributed by atoms with Crippen molar-refractivity contribution in [2.45, 2.75) is 20.0 Å². The monoisotopic (exact) mass is 268 g/mol. The molecule has 6 nitrogen and oxygen atoms in total. The molecule has 1 rings (SSSR count). The first-order valence-corrected chi connectivity index (χ1v) is 5.38. The zero-order valence-corrected chi connectivity index (χ0v) is 10.4. The van der Waals surface area contributed by atoms with E-state index in [2.05, 4.69) is 0 Å². The normalized spacial score (nSPS) is 11.5. The number of carbonyl (C=O) groups excluding carboxylic acids is 3. The fourth-order valence-electron chi connectivity index (χ4n) is 1.35. The molecule has 102 valence electrons. The fourth-order valence-corrected chi connectivity index (χ4v) is 1.35. The van der Waals surface area contributed by atoms with E-state index in [4.69, 9.17) is 10.5 Å². The van der Waals surface area contributed by atoms with Crippen molar-refractivity contribution in [3.05, 3.63) is 29.6 Å². The summed E-state index contributed by atoms with van der Waals surface area (Å²) in [5, 5.41) is 1.84. The standard InChI is InChI=1S/C12H13FN2O4/c1-6(16)9-5-8(13)3-4-10(9)19-7(2)11(17)15-12(14)18/h3-5,7H,1-2H3,(H3,14,15,17,18). The number of halogens is 1. The molecule has 0 aliphatic heterocycles. The highest BCUT2D eigenvalue weighted by Gasteiger charge is 2.19. The molecule has 0 aliphatic carbocycles. The predicted molar refractivity (Wildman–Crippen MR) is 64.2 cm³/mol. The minimum Gasteiger partial charge on any atom is -0.480 e. The number of primary amides is 1. The van der Waals surface area contributed by atoms with E-state index in [1.54, 1.807) is 0 Å². The summed E-state index contributed by atoms with van der Waals surface area (Å²) in [6.07, 6.45) is -1.06. The Balaban J connectivity index is 2.90. The van der Waals surface area contributed by atoms with Gasteiger partial charge in [-0.25, -0.2) is 9.18 Å². The SMILES string of the molecule is CC(=O)c1cc(F)ccc1OC(C)C(=O)NC(N)=O. The number of Topliss-reactive ketones (excluding diaryl/α,β-unsaturated/α-hetero) is 1. The third-order valence-electron chi connectivity index (χ3n) is 2.24. The van der Waals surface area contributed by atoms with Gasteiger partial charge in [-0.15, -0.1) is 0 Å². The molecule has 0 saturated carbocycles. The Bertz CT molecular complexity index is 530. The number of benzene rings is 1. The molecule has 0 saturated heterocycles. The van der Waals surface area contributed by atoms with Crippen LogP contribution in [-0.4, -0.2) is 23.8 Å². The van der Waals surface area contributed by atoms with Crippen molar-refractivity contribution >= 4 is 17.7 Å². The first-order chi connectivity index (χ1) is 8.81. The Morgan fingerprint density at radius 1 is 1.37 bits per heavy atom. The summed E-state index contributed by atoms with van der Waals surface area (Å²) >= 11 is 0. The van der Waals surface area contributed by atoms with Crippen molar-refractivity contribution in [3.63, 3.8) is 0 Å². The van der Waals surface area contributed by atoms with Crippen LogP contribution in [0.3, 0.4) is 0 Å². The number of ether oxygens (including phenoxy) is 1. The van der Waals surface area contributed by atoms with Gasteiger partial charge in [0.05, 0.1) is 5.56 Å². The zero-order valence-electron chi connectivity index (χ0n) is 10.4. The second-order valence-electron chi connectivity index (χ2n) is 3.81. The Labute approximate surface area is 108 Å². The highest BCUT2D eigenvalue weighted by molar-refractivity contribution is 5.98. The van der Waals surface area contributed by atoms with Crippen molar-refractivity contribution < 1.29 is 23.5 Å². The Morgan fingerprint density at radius 2 is 2.00 bits per heavy atom. The molecule has 0 radical (unpaired) electrons. The van der Waals surface area contributed by atoms with E-state index >= 15 is 0 Å². The molecule has 3 N–H and O–H groups in total. The van der Waals surface area contributed by atoms with Gasteiger partial charge >= 0.3 is 6.03 Å². The molecule has 0 aromatic heterocycles. The second-order valence-corrected chi connectivity index (χ2v) is 3.81. The average molecular weight is 268 g/mol. The highest BCUT2D eigenvalue weighted by Crippen LogP contribution is 2.21. The summed E-state index contributed by atoms with van der Waals surface area (Å²) in [4.78, 5) is 33.3. The van der Waals surface area contributed by atoms with Crippen molar-refractivity contribution in [2.75, 3.05) is 0 Å². The number of urea groups is 1. The lowest BCUT2D eigenvalue weighted by Crippen LogP contribution is -2.42. The third-order valence-corrected chi connectivity index (χ3v) is 2.24. The quantitative estimate of drug-likeness (QED) is 0.795. The molecule has 0 heterocycles. The molecule has 3 amide bonds. The molecule has 7 heteroatoms. The lowest BCUT2D eigenvalue weighted by atomic mass is 10.1. The number of amides is 3. The molecular weight excluding hydrogens is 255 g/mol. The molecule has 1 aromatic carbocycles. The van der Waals surface area contributed by atoms with Crippen molar-refractivity contribution in [1.29, 1.82) is 0 Å². The summed E-state index contributed by atoms with van der Waals surface area (Å²) < 4.78 is 18.2. The Hall–Kier alpha value is -2.44. The lowest BCUT2D eigenvalue weighted by molar-refractivity contribution is -0.126. The summed E-state index contributed by atoms with van der Waals surface area (Å²) in [5.41, 5.74) is 4.81. The molecule has 0 fully saturated rings. The van der Waals surface area contributed by atoms with Crippen LogP contribution >= 0.6 is 0 Å². The number of nitrogens with two attached hydrogens (primary N) is 1. The van der Waals surface area contributed by atoms with E-state index in [1.807, 2.05) is 5.32 Å². The summed E-state index contributed by atoms with van der Waals surface area (Å²) in [6, 6.07) is 2.34. The predicted octanol–water partition coefficient (Wildman–Crippen LogP) is 0.990. The first-order valence-electron chi connectivity index (χ1n) is 5.38. The molecular formula is C12H13FN2O4. The number of hydrogen-bond acceptors (Lipinski definition) is 4. The van der Waals surface area contributed by atoms with E-state index in [-0.39, 0.29) is 11.3 Å². The number of ketones is 1. The maximum atomic E-state index is 13.0. The molecule has 1 unspecified atom stereocenters. The molecule has 19 heavy (non-hydrogen) atoms. The van der Waals surface area contributed by atoms with Gasteiger partial charge in [-0.05, 0) is 32.0 Å².